The third-order valence-electron chi connectivity index (χ3n) is 4.21. The number of pyridine rings is 1. The maximum atomic E-state index is 12.0. The number of anilines is 2. The van der Waals surface area contributed by atoms with E-state index in [0.29, 0.717) is 11.4 Å². The Bertz CT molecular complexity index is 710. The Balaban J connectivity index is 1.50. The number of benzene rings is 1. The smallest absolute Gasteiger partial charge is 0.313 e. The fraction of sp³-hybridized carbons (Fsp3) is 0.316. The molecule has 6 nitrogen and oxygen atoms in total. The van der Waals surface area contributed by atoms with Crippen molar-refractivity contribution in [2.24, 2.45) is 0 Å². The summed E-state index contributed by atoms with van der Waals surface area (Å²) in [5, 5.41) is 5.18. The van der Waals surface area contributed by atoms with Crippen LogP contribution in [0.25, 0.3) is 0 Å². The molecule has 1 fully saturated rings. The predicted molar refractivity (Wildman–Crippen MR) is 97.2 cm³/mol. The number of hydrogen-bond donors (Lipinski definition) is 2. The van der Waals surface area contributed by atoms with Crippen molar-refractivity contribution >= 4 is 23.2 Å². The number of aromatic nitrogens is 1. The molecule has 0 radical (unpaired) electrons. The lowest BCUT2D eigenvalue weighted by Gasteiger charge is -2.28. The number of rotatable bonds is 4. The molecule has 1 aliphatic rings. The molecule has 0 bridgehead atoms. The van der Waals surface area contributed by atoms with Gasteiger partial charge in [0.15, 0.2) is 0 Å². The lowest BCUT2D eigenvalue weighted by atomic mass is 10.1. The summed E-state index contributed by atoms with van der Waals surface area (Å²) >= 11 is 0. The van der Waals surface area contributed by atoms with Crippen LogP contribution in [0, 0.1) is 0 Å². The third-order valence-corrected chi connectivity index (χ3v) is 4.21. The Kier molecular flexibility index (Phi) is 5.61. The van der Waals surface area contributed by atoms with Gasteiger partial charge in [-0.15, -0.1) is 0 Å². The number of piperidine rings is 1. The van der Waals surface area contributed by atoms with Gasteiger partial charge in [0, 0.05) is 30.7 Å². The normalized spacial score (nSPS) is 14.0. The monoisotopic (exact) mass is 338 g/mol. The molecule has 2 amide bonds. The standard InChI is InChI=1S/C19H22N4O2/c24-18(21-14-16-6-2-3-11-20-16)19(25)22-15-7-9-17(10-8-15)23-12-4-1-5-13-23/h2-3,6-11H,1,4-5,12-14H2,(H,21,24)(H,22,25). The minimum absolute atomic E-state index is 0.223. The highest BCUT2D eigenvalue weighted by molar-refractivity contribution is 6.39. The second kappa shape index (κ2) is 8.28. The zero-order valence-corrected chi connectivity index (χ0v) is 14.1. The van der Waals surface area contributed by atoms with Crippen molar-refractivity contribution in [2.75, 3.05) is 23.3 Å². The van der Waals surface area contributed by atoms with E-state index >= 15 is 0 Å². The van der Waals surface area contributed by atoms with Gasteiger partial charge in [-0.25, -0.2) is 0 Å². The van der Waals surface area contributed by atoms with Crippen LogP contribution in [0.1, 0.15) is 25.0 Å². The Morgan fingerprint density at radius 1 is 0.960 bits per heavy atom. The highest BCUT2D eigenvalue weighted by Crippen LogP contribution is 2.21. The molecule has 0 atom stereocenters. The van der Waals surface area contributed by atoms with Crippen LogP contribution in [0.15, 0.2) is 48.7 Å². The van der Waals surface area contributed by atoms with E-state index in [1.807, 2.05) is 30.3 Å². The first-order chi connectivity index (χ1) is 12.2. The summed E-state index contributed by atoms with van der Waals surface area (Å²) < 4.78 is 0. The van der Waals surface area contributed by atoms with Crippen LogP contribution in [-0.4, -0.2) is 29.9 Å². The van der Waals surface area contributed by atoms with Crippen molar-refractivity contribution in [3.05, 3.63) is 54.4 Å². The molecule has 3 rings (SSSR count). The lowest BCUT2D eigenvalue weighted by Crippen LogP contribution is -2.35. The predicted octanol–water partition coefficient (Wildman–Crippen LogP) is 2.33. The average molecular weight is 338 g/mol. The quantitative estimate of drug-likeness (QED) is 0.839. The van der Waals surface area contributed by atoms with Crippen molar-refractivity contribution in [3.8, 4) is 0 Å². The molecule has 1 aromatic carbocycles. The van der Waals surface area contributed by atoms with Crippen molar-refractivity contribution in [2.45, 2.75) is 25.8 Å². The number of nitrogens with zero attached hydrogens (tertiary/aromatic N) is 2. The summed E-state index contributed by atoms with van der Waals surface area (Å²) in [4.78, 5) is 30.3. The van der Waals surface area contributed by atoms with Crippen LogP contribution in [0.4, 0.5) is 11.4 Å². The Morgan fingerprint density at radius 3 is 2.40 bits per heavy atom. The van der Waals surface area contributed by atoms with E-state index in [0.717, 1.165) is 18.8 Å². The maximum Gasteiger partial charge on any atom is 0.313 e. The van der Waals surface area contributed by atoms with E-state index < -0.39 is 11.8 Å². The van der Waals surface area contributed by atoms with Crippen LogP contribution in [0.5, 0.6) is 0 Å². The summed E-state index contributed by atoms with van der Waals surface area (Å²) in [5.74, 6) is -1.35. The molecule has 1 saturated heterocycles. The third kappa shape index (κ3) is 4.79. The number of carbonyl (C=O) groups is 2. The largest absolute Gasteiger partial charge is 0.372 e. The summed E-state index contributed by atoms with van der Waals surface area (Å²) in [5.41, 5.74) is 2.46. The van der Waals surface area contributed by atoms with E-state index in [2.05, 4.69) is 20.5 Å². The van der Waals surface area contributed by atoms with Gasteiger partial charge < -0.3 is 15.5 Å². The molecule has 6 heteroatoms. The van der Waals surface area contributed by atoms with E-state index in [1.165, 1.54) is 19.3 Å². The van der Waals surface area contributed by atoms with E-state index in [4.69, 9.17) is 0 Å². The zero-order valence-electron chi connectivity index (χ0n) is 14.1. The minimum atomic E-state index is -0.679. The maximum absolute atomic E-state index is 12.0. The molecule has 25 heavy (non-hydrogen) atoms. The van der Waals surface area contributed by atoms with Crippen molar-refractivity contribution < 1.29 is 9.59 Å². The average Bonchev–Trinajstić information content (AvgIpc) is 2.68. The Labute approximate surface area is 147 Å². The fourth-order valence-electron chi connectivity index (χ4n) is 2.85. The Hall–Kier alpha value is -2.89. The van der Waals surface area contributed by atoms with E-state index in [1.54, 1.807) is 18.3 Å². The lowest BCUT2D eigenvalue weighted by molar-refractivity contribution is -0.136. The first kappa shape index (κ1) is 17.0. The first-order valence-corrected chi connectivity index (χ1v) is 8.56. The van der Waals surface area contributed by atoms with Gasteiger partial charge in [0.1, 0.15) is 0 Å². The van der Waals surface area contributed by atoms with E-state index in [-0.39, 0.29) is 6.54 Å². The van der Waals surface area contributed by atoms with Crippen molar-refractivity contribution in [3.63, 3.8) is 0 Å². The molecule has 0 saturated carbocycles. The molecule has 0 spiro atoms. The number of nitrogens with one attached hydrogen (secondary N) is 2. The minimum Gasteiger partial charge on any atom is -0.372 e. The Morgan fingerprint density at radius 2 is 1.72 bits per heavy atom. The van der Waals surface area contributed by atoms with Gasteiger partial charge in [-0.3, -0.25) is 14.6 Å². The van der Waals surface area contributed by atoms with Gasteiger partial charge in [-0.2, -0.15) is 0 Å². The highest BCUT2D eigenvalue weighted by atomic mass is 16.2. The van der Waals surface area contributed by atoms with Gasteiger partial charge in [0.05, 0.1) is 12.2 Å². The number of amides is 2. The summed E-state index contributed by atoms with van der Waals surface area (Å²) in [7, 11) is 0. The molecule has 2 N–H and O–H groups in total. The van der Waals surface area contributed by atoms with Gasteiger partial charge in [-0.1, -0.05) is 6.07 Å². The molecule has 2 heterocycles. The number of carbonyl (C=O) groups excluding carboxylic acids is 2. The first-order valence-electron chi connectivity index (χ1n) is 8.56. The van der Waals surface area contributed by atoms with Crippen LogP contribution in [0.3, 0.4) is 0 Å². The van der Waals surface area contributed by atoms with Gasteiger partial charge in [0.25, 0.3) is 0 Å². The van der Waals surface area contributed by atoms with Crippen molar-refractivity contribution in [1.29, 1.82) is 0 Å². The molecule has 0 unspecified atom stereocenters. The van der Waals surface area contributed by atoms with Crippen LogP contribution < -0.4 is 15.5 Å². The van der Waals surface area contributed by atoms with Crippen LogP contribution in [0.2, 0.25) is 0 Å². The molecular weight excluding hydrogens is 316 g/mol. The van der Waals surface area contributed by atoms with E-state index in [9.17, 15) is 9.59 Å². The molecule has 2 aromatic rings. The topological polar surface area (TPSA) is 74.3 Å². The summed E-state index contributed by atoms with van der Waals surface area (Å²) in [6, 6.07) is 13.0. The molecule has 1 aliphatic heterocycles. The summed E-state index contributed by atoms with van der Waals surface area (Å²) in [6.45, 7) is 2.37. The second-order valence-corrected chi connectivity index (χ2v) is 6.05. The SMILES string of the molecule is O=C(NCc1ccccn1)C(=O)Nc1ccc(N2CCCCC2)cc1. The second-order valence-electron chi connectivity index (χ2n) is 6.05. The summed E-state index contributed by atoms with van der Waals surface area (Å²) in [6.07, 6.45) is 5.37. The zero-order chi connectivity index (χ0) is 17.5. The van der Waals surface area contributed by atoms with Gasteiger partial charge in [-0.05, 0) is 55.7 Å². The van der Waals surface area contributed by atoms with Crippen molar-refractivity contribution in [1.82, 2.24) is 10.3 Å². The molecule has 1 aromatic heterocycles. The molecule has 130 valence electrons. The highest BCUT2D eigenvalue weighted by Gasteiger charge is 2.14. The van der Waals surface area contributed by atoms with Crippen LogP contribution >= 0.6 is 0 Å². The molecule has 0 aliphatic carbocycles. The molecular formula is C19H22N4O2. The fourth-order valence-corrected chi connectivity index (χ4v) is 2.85. The van der Waals surface area contributed by atoms with Crippen LogP contribution in [-0.2, 0) is 16.1 Å². The van der Waals surface area contributed by atoms with Gasteiger partial charge >= 0.3 is 11.8 Å². The number of hydrogen-bond acceptors (Lipinski definition) is 4. The van der Waals surface area contributed by atoms with Gasteiger partial charge in [0.2, 0.25) is 0 Å².